The molecule has 8 heteroatoms. The molecule has 32 heavy (non-hydrogen) atoms. The van der Waals surface area contributed by atoms with Crippen molar-refractivity contribution in [2.24, 2.45) is 0 Å². The number of hydrogen-bond donors (Lipinski definition) is 0. The Morgan fingerprint density at radius 2 is 1.97 bits per heavy atom. The van der Waals surface area contributed by atoms with Crippen molar-refractivity contribution in [1.29, 1.82) is 0 Å². The van der Waals surface area contributed by atoms with E-state index in [9.17, 15) is 4.79 Å². The van der Waals surface area contributed by atoms with E-state index in [1.54, 1.807) is 30.2 Å². The number of carbonyl (C=O) groups excluding carboxylic acids is 1. The summed E-state index contributed by atoms with van der Waals surface area (Å²) >= 11 is 1.47. The van der Waals surface area contributed by atoms with Gasteiger partial charge in [0.15, 0.2) is 16.6 Å². The van der Waals surface area contributed by atoms with E-state index in [4.69, 9.17) is 23.9 Å². The normalized spacial score (nSPS) is 15.7. The second kappa shape index (κ2) is 10.2. The lowest BCUT2D eigenvalue weighted by atomic mass is 10.1. The molecular formula is C24H28N2O5S. The van der Waals surface area contributed by atoms with Crippen LogP contribution in [0, 0.1) is 0 Å². The summed E-state index contributed by atoms with van der Waals surface area (Å²) in [5.41, 5.74) is 1.27. The van der Waals surface area contributed by atoms with E-state index in [-0.39, 0.29) is 12.0 Å². The van der Waals surface area contributed by atoms with Crippen LogP contribution in [-0.4, -0.2) is 50.5 Å². The van der Waals surface area contributed by atoms with Gasteiger partial charge >= 0.3 is 0 Å². The molecule has 1 amide bonds. The molecular weight excluding hydrogens is 428 g/mol. The molecule has 0 N–H and O–H groups in total. The molecule has 4 rings (SSSR count). The third-order valence-corrected chi connectivity index (χ3v) is 6.31. The van der Waals surface area contributed by atoms with Gasteiger partial charge in [0.1, 0.15) is 11.3 Å². The van der Waals surface area contributed by atoms with Crippen LogP contribution in [0.1, 0.15) is 37.0 Å². The monoisotopic (exact) mass is 456 g/mol. The summed E-state index contributed by atoms with van der Waals surface area (Å²) in [6, 6.07) is 11.1. The number of fused-ring (bicyclic) bond motifs is 1. The molecule has 0 bridgehead atoms. The number of aromatic nitrogens is 1. The maximum absolute atomic E-state index is 13.7. The lowest BCUT2D eigenvalue weighted by Gasteiger charge is -2.23. The van der Waals surface area contributed by atoms with Gasteiger partial charge in [-0.2, -0.15) is 0 Å². The number of rotatable bonds is 9. The highest BCUT2D eigenvalue weighted by Gasteiger charge is 2.28. The molecule has 1 aliphatic heterocycles. The number of anilines is 1. The summed E-state index contributed by atoms with van der Waals surface area (Å²) in [4.78, 5) is 20.2. The van der Waals surface area contributed by atoms with Gasteiger partial charge in [0.2, 0.25) is 0 Å². The highest BCUT2D eigenvalue weighted by atomic mass is 32.1. The molecule has 1 aliphatic rings. The van der Waals surface area contributed by atoms with E-state index in [1.165, 1.54) is 11.3 Å². The quantitative estimate of drug-likeness (QED) is 0.455. The van der Waals surface area contributed by atoms with E-state index in [0.29, 0.717) is 47.7 Å². The van der Waals surface area contributed by atoms with Crippen molar-refractivity contribution in [3.05, 3.63) is 42.0 Å². The molecule has 1 aromatic heterocycles. The highest BCUT2D eigenvalue weighted by molar-refractivity contribution is 7.22. The molecule has 1 atom stereocenters. The maximum atomic E-state index is 13.7. The van der Waals surface area contributed by atoms with E-state index in [0.717, 1.165) is 29.7 Å². The Balaban J connectivity index is 1.72. The first-order valence-electron chi connectivity index (χ1n) is 10.9. The van der Waals surface area contributed by atoms with Gasteiger partial charge in [0, 0.05) is 12.2 Å². The summed E-state index contributed by atoms with van der Waals surface area (Å²) < 4.78 is 23.6. The number of benzene rings is 2. The number of methoxy groups -OCH3 is 1. The van der Waals surface area contributed by atoms with Crippen LogP contribution in [0.2, 0.25) is 0 Å². The van der Waals surface area contributed by atoms with Crippen LogP contribution in [0.4, 0.5) is 5.13 Å². The van der Waals surface area contributed by atoms with Gasteiger partial charge in [0.25, 0.3) is 5.91 Å². The lowest BCUT2D eigenvalue weighted by molar-refractivity contribution is 0.0917. The van der Waals surface area contributed by atoms with Crippen molar-refractivity contribution in [2.45, 2.75) is 32.8 Å². The Labute approximate surface area is 191 Å². The predicted molar refractivity (Wildman–Crippen MR) is 126 cm³/mol. The molecule has 0 spiro atoms. The van der Waals surface area contributed by atoms with E-state index >= 15 is 0 Å². The number of nitrogens with zero attached hydrogens (tertiary/aromatic N) is 2. The van der Waals surface area contributed by atoms with E-state index in [2.05, 4.69) is 0 Å². The fourth-order valence-corrected chi connectivity index (χ4v) is 4.76. The topological polar surface area (TPSA) is 70.1 Å². The molecule has 1 fully saturated rings. The third kappa shape index (κ3) is 4.66. The Hall–Kier alpha value is -2.84. The van der Waals surface area contributed by atoms with Crippen molar-refractivity contribution in [3.8, 4) is 17.2 Å². The zero-order valence-electron chi connectivity index (χ0n) is 18.6. The molecule has 0 aliphatic carbocycles. The number of thiazole rings is 1. The first-order chi connectivity index (χ1) is 15.6. The van der Waals surface area contributed by atoms with Crippen LogP contribution in [0.25, 0.3) is 10.2 Å². The third-order valence-electron chi connectivity index (χ3n) is 5.27. The van der Waals surface area contributed by atoms with Crippen LogP contribution in [0.5, 0.6) is 17.2 Å². The van der Waals surface area contributed by atoms with Gasteiger partial charge < -0.3 is 18.9 Å². The van der Waals surface area contributed by atoms with Crippen molar-refractivity contribution in [1.82, 2.24) is 4.98 Å². The Kier molecular flexibility index (Phi) is 7.12. The van der Waals surface area contributed by atoms with Crippen LogP contribution in [0.3, 0.4) is 0 Å². The van der Waals surface area contributed by atoms with Crippen molar-refractivity contribution < 1.29 is 23.7 Å². The molecule has 3 aromatic rings. The van der Waals surface area contributed by atoms with E-state index < -0.39 is 0 Å². The minimum Gasteiger partial charge on any atom is -0.494 e. The molecule has 170 valence electrons. The Morgan fingerprint density at radius 1 is 1.16 bits per heavy atom. The molecule has 1 saturated heterocycles. The van der Waals surface area contributed by atoms with Gasteiger partial charge in [-0.05, 0) is 57.0 Å². The molecule has 0 saturated carbocycles. The average molecular weight is 457 g/mol. The SMILES string of the molecule is CCOc1ccc(C(=O)N(CC2CCCO2)c2nc3c(OC)cccc3s2)cc1OCC. The van der Waals surface area contributed by atoms with E-state index in [1.807, 2.05) is 32.0 Å². The van der Waals surface area contributed by atoms with Crippen LogP contribution >= 0.6 is 11.3 Å². The molecule has 0 radical (unpaired) electrons. The standard InChI is InChI=1S/C24H28N2O5S/c1-4-29-18-12-11-16(14-20(18)30-5-2)23(27)26(15-17-8-7-13-31-17)24-25-22-19(28-3)9-6-10-21(22)32-24/h6,9-12,14,17H,4-5,7-8,13,15H2,1-3H3. The first kappa shape index (κ1) is 22.4. The second-order valence-corrected chi connectivity index (χ2v) is 8.39. The molecule has 1 unspecified atom stereocenters. The van der Waals surface area contributed by atoms with Crippen molar-refractivity contribution >= 4 is 32.6 Å². The number of hydrogen-bond acceptors (Lipinski definition) is 7. The van der Waals surface area contributed by atoms with Crippen molar-refractivity contribution in [2.75, 3.05) is 38.4 Å². The Bertz CT molecular complexity index is 1080. The van der Waals surface area contributed by atoms with Gasteiger partial charge in [-0.3, -0.25) is 9.69 Å². The van der Waals surface area contributed by atoms with Crippen LogP contribution < -0.4 is 19.1 Å². The predicted octanol–water partition coefficient (Wildman–Crippen LogP) is 4.93. The fraction of sp³-hybridized carbons (Fsp3) is 0.417. The van der Waals surface area contributed by atoms with Gasteiger partial charge in [-0.15, -0.1) is 0 Å². The smallest absolute Gasteiger partial charge is 0.260 e. The maximum Gasteiger partial charge on any atom is 0.260 e. The molecule has 2 heterocycles. The summed E-state index contributed by atoms with van der Waals surface area (Å²) in [6.45, 7) is 5.99. The zero-order chi connectivity index (χ0) is 22.5. The van der Waals surface area contributed by atoms with Crippen LogP contribution in [0.15, 0.2) is 36.4 Å². The summed E-state index contributed by atoms with van der Waals surface area (Å²) in [6.07, 6.45) is 1.91. The first-order valence-corrected chi connectivity index (χ1v) is 11.7. The largest absolute Gasteiger partial charge is 0.494 e. The minimum absolute atomic E-state index is 0.0121. The van der Waals surface area contributed by atoms with Gasteiger partial charge in [0.05, 0.1) is 37.7 Å². The van der Waals surface area contributed by atoms with Gasteiger partial charge in [-0.1, -0.05) is 17.4 Å². The number of para-hydroxylation sites is 1. The van der Waals surface area contributed by atoms with Gasteiger partial charge in [-0.25, -0.2) is 4.98 Å². The number of ether oxygens (including phenoxy) is 4. The minimum atomic E-state index is -0.150. The summed E-state index contributed by atoms with van der Waals surface area (Å²) in [7, 11) is 1.62. The molecule has 7 nitrogen and oxygen atoms in total. The zero-order valence-corrected chi connectivity index (χ0v) is 19.4. The fourth-order valence-electron chi connectivity index (χ4n) is 3.77. The number of amides is 1. The van der Waals surface area contributed by atoms with Crippen molar-refractivity contribution in [3.63, 3.8) is 0 Å². The lowest BCUT2D eigenvalue weighted by Crippen LogP contribution is -2.37. The highest BCUT2D eigenvalue weighted by Crippen LogP contribution is 2.36. The molecule has 2 aromatic carbocycles. The second-order valence-electron chi connectivity index (χ2n) is 7.38. The summed E-state index contributed by atoms with van der Waals surface area (Å²) in [5.74, 6) is 1.72. The number of carbonyl (C=O) groups is 1. The van der Waals surface area contributed by atoms with Crippen LogP contribution in [-0.2, 0) is 4.74 Å². The Morgan fingerprint density at radius 3 is 2.69 bits per heavy atom. The summed E-state index contributed by atoms with van der Waals surface area (Å²) in [5, 5.41) is 0.622. The average Bonchev–Trinajstić information content (AvgIpc) is 3.48.